The normalized spacial score (nSPS) is 26.4. The Kier molecular flexibility index (Phi) is 4.85. The van der Waals surface area contributed by atoms with Crippen LogP contribution in [0.5, 0.6) is 0 Å². The van der Waals surface area contributed by atoms with Crippen molar-refractivity contribution in [1.82, 2.24) is 14.5 Å². The number of hydrogen-bond donors (Lipinski definition) is 2. The predicted molar refractivity (Wildman–Crippen MR) is 102 cm³/mol. The van der Waals surface area contributed by atoms with Gasteiger partial charge in [-0.1, -0.05) is 0 Å². The van der Waals surface area contributed by atoms with E-state index in [-0.39, 0.29) is 29.4 Å². The van der Waals surface area contributed by atoms with Crippen LogP contribution in [-0.4, -0.2) is 67.9 Å². The van der Waals surface area contributed by atoms with Crippen LogP contribution < -0.4 is 10.2 Å². The SMILES string of the molecule is C[C@]1(C2CC2)NC(=O)N(C[NH+]2CCN(S(=O)(=O)c3ccc(C#N)cc3)CC2)C1=O. The van der Waals surface area contributed by atoms with Crippen molar-refractivity contribution in [1.29, 1.82) is 5.26 Å². The first kappa shape index (κ1) is 19.8. The Hall–Kier alpha value is -2.48. The third-order valence-electron chi connectivity index (χ3n) is 6.13. The van der Waals surface area contributed by atoms with Gasteiger partial charge >= 0.3 is 6.03 Å². The van der Waals surface area contributed by atoms with Crippen molar-refractivity contribution in [2.24, 2.45) is 5.92 Å². The van der Waals surface area contributed by atoms with E-state index < -0.39 is 15.6 Å². The molecule has 0 unspecified atom stereocenters. The topological polar surface area (TPSA) is 115 Å². The van der Waals surface area contributed by atoms with Crippen LogP contribution in [0.3, 0.4) is 0 Å². The highest BCUT2D eigenvalue weighted by Crippen LogP contribution is 2.42. The molecular formula is C19H24N5O4S+. The molecule has 3 amide bonds. The van der Waals surface area contributed by atoms with Crippen LogP contribution >= 0.6 is 0 Å². The largest absolute Gasteiger partial charge is 0.329 e. The molecule has 2 aliphatic heterocycles. The van der Waals surface area contributed by atoms with Crippen LogP contribution in [-0.2, 0) is 14.8 Å². The predicted octanol–water partition coefficient (Wildman–Crippen LogP) is -0.875. The second-order valence-electron chi connectivity index (χ2n) is 8.09. The fraction of sp³-hybridized carbons (Fsp3) is 0.526. The van der Waals surface area contributed by atoms with Crippen molar-refractivity contribution in [2.45, 2.75) is 30.2 Å². The summed E-state index contributed by atoms with van der Waals surface area (Å²) in [5.74, 6) is 0.0403. The van der Waals surface area contributed by atoms with E-state index in [9.17, 15) is 18.0 Å². The molecule has 29 heavy (non-hydrogen) atoms. The summed E-state index contributed by atoms with van der Waals surface area (Å²) in [6, 6.07) is 7.48. The number of nitriles is 1. The Bertz CT molecular complexity index is 975. The third kappa shape index (κ3) is 3.50. The fourth-order valence-electron chi connectivity index (χ4n) is 4.07. The van der Waals surface area contributed by atoms with Crippen LogP contribution in [0.4, 0.5) is 4.79 Å². The summed E-state index contributed by atoms with van der Waals surface area (Å²) in [6.07, 6.45) is 1.91. The second kappa shape index (κ2) is 7.09. The summed E-state index contributed by atoms with van der Waals surface area (Å²) in [5, 5.41) is 11.7. The summed E-state index contributed by atoms with van der Waals surface area (Å²) >= 11 is 0. The summed E-state index contributed by atoms with van der Waals surface area (Å²) < 4.78 is 27.0. The molecule has 2 heterocycles. The number of rotatable bonds is 5. The number of carbonyl (C=O) groups excluding carboxylic acids is 2. The molecule has 1 saturated carbocycles. The summed E-state index contributed by atoms with van der Waals surface area (Å²) in [4.78, 5) is 27.5. The summed E-state index contributed by atoms with van der Waals surface area (Å²) in [6.45, 7) is 3.67. The van der Waals surface area contributed by atoms with Crippen LogP contribution in [0, 0.1) is 17.2 Å². The quantitative estimate of drug-likeness (QED) is 0.603. The minimum absolute atomic E-state index is 0.161. The summed E-state index contributed by atoms with van der Waals surface area (Å²) in [5.41, 5.74) is -0.387. The number of benzene rings is 1. The molecule has 10 heteroatoms. The van der Waals surface area contributed by atoms with Gasteiger partial charge in [-0.2, -0.15) is 9.57 Å². The number of urea groups is 1. The maximum absolute atomic E-state index is 12.8. The molecule has 0 spiro atoms. The van der Waals surface area contributed by atoms with Crippen molar-refractivity contribution in [3.8, 4) is 6.07 Å². The molecule has 1 aromatic rings. The zero-order valence-corrected chi connectivity index (χ0v) is 17.0. The van der Waals surface area contributed by atoms with Gasteiger partial charge in [-0.3, -0.25) is 4.79 Å². The highest BCUT2D eigenvalue weighted by Gasteiger charge is 2.56. The van der Waals surface area contributed by atoms with Gasteiger partial charge in [-0.25, -0.2) is 18.1 Å². The molecule has 0 radical (unpaired) electrons. The Labute approximate surface area is 169 Å². The van der Waals surface area contributed by atoms with Gasteiger partial charge in [-0.15, -0.1) is 0 Å². The molecule has 2 saturated heterocycles. The number of amides is 3. The first-order valence-electron chi connectivity index (χ1n) is 9.73. The maximum atomic E-state index is 12.8. The lowest BCUT2D eigenvalue weighted by atomic mass is 9.96. The van der Waals surface area contributed by atoms with E-state index in [1.54, 1.807) is 6.92 Å². The average molecular weight is 418 g/mol. The molecule has 2 N–H and O–H groups in total. The zero-order chi connectivity index (χ0) is 20.8. The lowest BCUT2D eigenvalue weighted by Crippen LogP contribution is -3.16. The zero-order valence-electron chi connectivity index (χ0n) is 16.2. The van der Waals surface area contributed by atoms with Gasteiger partial charge in [0.25, 0.3) is 5.91 Å². The minimum Gasteiger partial charge on any atom is -0.323 e. The first-order valence-corrected chi connectivity index (χ1v) is 11.2. The first-order chi connectivity index (χ1) is 13.8. The number of nitrogens with zero attached hydrogens (tertiary/aromatic N) is 3. The number of quaternary nitrogens is 1. The number of sulfonamides is 1. The number of imide groups is 1. The molecule has 1 atom stereocenters. The number of nitrogens with one attached hydrogen (secondary N) is 2. The van der Waals surface area contributed by atoms with E-state index in [1.807, 2.05) is 6.07 Å². The van der Waals surface area contributed by atoms with E-state index in [2.05, 4.69) is 5.32 Å². The highest BCUT2D eigenvalue weighted by molar-refractivity contribution is 7.89. The molecule has 1 aromatic carbocycles. The van der Waals surface area contributed by atoms with Crippen molar-refractivity contribution < 1.29 is 22.9 Å². The minimum atomic E-state index is -3.63. The third-order valence-corrected chi connectivity index (χ3v) is 8.04. The van der Waals surface area contributed by atoms with Crippen molar-refractivity contribution >= 4 is 22.0 Å². The van der Waals surface area contributed by atoms with Gasteiger partial charge in [-0.05, 0) is 49.9 Å². The maximum Gasteiger partial charge on any atom is 0.329 e. The molecule has 0 bridgehead atoms. The van der Waals surface area contributed by atoms with Crippen LogP contribution in [0.25, 0.3) is 0 Å². The van der Waals surface area contributed by atoms with Gasteiger partial charge in [0.05, 0.1) is 42.7 Å². The van der Waals surface area contributed by atoms with Gasteiger partial charge < -0.3 is 10.2 Å². The van der Waals surface area contributed by atoms with E-state index in [0.29, 0.717) is 31.7 Å². The average Bonchev–Trinajstić information content (AvgIpc) is 3.54. The standard InChI is InChI=1S/C19H23N5O4S/c1-19(15-4-5-15)17(25)24(18(26)21-19)13-22-8-10-23(11-9-22)29(27,28)16-6-2-14(12-20)3-7-16/h2-3,6-7,15H,4-5,8-11,13H2,1H3,(H,21,26)/p+1/t19-/m1/s1. The Morgan fingerprint density at radius 1 is 1.21 bits per heavy atom. The van der Waals surface area contributed by atoms with Gasteiger partial charge in [0, 0.05) is 0 Å². The smallest absolute Gasteiger partial charge is 0.323 e. The lowest BCUT2D eigenvalue weighted by Gasteiger charge is -2.33. The van der Waals surface area contributed by atoms with Gasteiger partial charge in [0.15, 0.2) is 6.67 Å². The van der Waals surface area contributed by atoms with Crippen molar-refractivity contribution in [3.63, 3.8) is 0 Å². The molecule has 3 fully saturated rings. The van der Waals surface area contributed by atoms with E-state index >= 15 is 0 Å². The van der Waals surface area contributed by atoms with Gasteiger partial charge in [0.1, 0.15) is 5.54 Å². The second-order valence-corrected chi connectivity index (χ2v) is 10.0. The Morgan fingerprint density at radius 2 is 1.83 bits per heavy atom. The molecule has 154 valence electrons. The Balaban J connectivity index is 1.37. The molecule has 0 aromatic heterocycles. The molecule has 3 aliphatic rings. The monoisotopic (exact) mass is 418 g/mol. The van der Waals surface area contributed by atoms with Crippen molar-refractivity contribution in [2.75, 3.05) is 32.8 Å². The lowest BCUT2D eigenvalue weighted by molar-refractivity contribution is -0.910. The molecule has 1 aliphatic carbocycles. The highest BCUT2D eigenvalue weighted by atomic mass is 32.2. The number of hydrogen-bond acceptors (Lipinski definition) is 5. The molecular weight excluding hydrogens is 394 g/mol. The van der Waals surface area contributed by atoms with Gasteiger partial charge in [0.2, 0.25) is 10.0 Å². The van der Waals surface area contributed by atoms with E-state index in [4.69, 9.17) is 5.26 Å². The molecule has 4 rings (SSSR count). The van der Waals surface area contributed by atoms with E-state index in [0.717, 1.165) is 17.7 Å². The van der Waals surface area contributed by atoms with E-state index in [1.165, 1.54) is 33.5 Å². The fourth-order valence-corrected chi connectivity index (χ4v) is 5.51. The Morgan fingerprint density at radius 3 is 2.38 bits per heavy atom. The van der Waals surface area contributed by atoms with Crippen LogP contribution in [0.2, 0.25) is 0 Å². The molecule has 9 nitrogen and oxygen atoms in total. The van der Waals surface area contributed by atoms with Crippen molar-refractivity contribution in [3.05, 3.63) is 29.8 Å². The van der Waals surface area contributed by atoms with Crippen LogP contribution in [0.15, 0.2) is 29.2 Å². The number of carbonyl (C=O) groups is 2. The summed E-state index contributed by atoms with van der Waals surface area (Å²) in [7, 11) is -3.63. The van der Waals surface area contributed by atoms with Crippen LogP contribution in [0.1, 0.15) is 25.3 Å². The number of piperazine rings is 1.